The first-order valence-electron chi connectivity index (χ1n) is 18.9. The number of fused-ring (bicyclic) bond motifs is 3. The molecular weight excluding hydrogens is 870 g/mol. The molecule has 0 amide bonds. The molecule has 0 saturated heterocycles. The number of hydrogen-bond donors (Lipinski definition) is 0. The van der Waals surface area contributed by atoms with Crippen molar-refractivity contribution in [1.29, 1.82) is 0 Å². The third-order valence-electron chi connectivity index (χ3n) is 10.2. The first-order chi connectivity index (χ1) is 26.1. The summed E-state index contributed by atoms with van der Waals surface area (Å²) < 4.78 is 12.7. The van der Waals surface area contributed by atoms with Crippen molar-refractivity contribution in [2.24, 2.45) is 0 Å². The van der Waals surface area contributed by atoms with Crippen molar-refractivity contribution in [3.8, 4) is 40.1 Å². The van der Waals surface area contributed by atoms with Crippen LogP contribution in [0.2, 0.25) is 0 Å². The van der Waals surface area contributed by atoms with Gasteiger partial charge in [0.15, 0.2) is 0 Å². The molecule has 0 aliphatic heterocycles. The molecule has 0 saturated carbocycles. The largest absolute Gasteiger partial charge is 0.522 e. The summed E-state index contributed by atoms with van der Waals surface area (Å²) in [5.41, 5.74) is 8.73. The molecule has 0 radical (unpaired) electrons. The maximum absolute atomic E-state index is 6.51. The van der Waals surface area contributed by atoms with E-state index in [-0.39, 0.29) is 37.3 Å². The van der Waals surface area contributed by atoms with Crippen molar-refractivity contribution >= 4 is 21.8 Å². The Hall–Kier alpha value is -5.32. The van der Waals surface area contributed by atoms with Gasteiger partial charge in [0.25, 0.3) is 6.33 Å². The molecule has 56 heavy (non-hydrogen) atoms. The van der Waals surface area contributed by atoms with E-state index in [2.05, 4.69) is 181 Å². The fourth-order valence-electron chi connectivity index (χ4n) is 6.93. The van der Waals surface area contributed by atoms with Gasteiger partial charge in [-0.3, -0.25) is 14.1 Å². The summed E-state index contributed by atoms with van der Waals surface area (Å²) in [4.78, 5) is 9.55. The number of ether oxygens (including phenoxy) is 1. The molecule has 0 aliphatic carbocycles. The Morgan fingerprint density at radius 1 is 0.607 bits per heavy atom. The molecule has 0 aliphatic rings. The number of para-hydroxylation sites is 1. The number of rotatable bonds is 6. The zero-order valence-electron chi connectivity index (χ0n) is 33.5. The SMILES string of the molecule is CC(C)(C)c1cc(-[n+]2[c-]n(-c3[c-]c(Oc4[c-]c5c(cc4)c4ccccc4n5-c4cc(C(C)(C)C)ccn4)ccn3)cc2-c2ccccc2)cc(C(C)(C)C)c1.[Pt]. The van der Waals surface area contributed by atoms with E-state index >= 15 is 0 Å². The number of aromatic nitrogens is 5. The van der Waals surface area contributed by atoms with E-state index in [9.17, 15) is 0 Å². The van der Waals surface area contributed by atoms with E-state index < -0.39 is 0 Å². The average molecular weight is 917 g/mol. The van der Waals surface area contributed by atoms with Crippen LogP contribution < -0.4 is 9.30 Å². The minimum atomic E-state index is -0.0333. The third kappa shape index (κ3) is 7.60. The van der Waals surface area contributed by atoms with Gasteiger partial charge in [-0.05, 0) is 80.0 Å². The minimum absolute atomic E-state index is 0. The van der Waals surface area contributed by atoms with Crippen molar-refractivity contribution in [3.63, 3.8) is 0 Å². The Labute approximate surface area is 345 Å². The number of nitrogens with zero attached hydrogens (tertiary/aromatic N) is 5. The molecule has 8 aromatic rings. The van der Waals surface area contributed by atoms with Crippen molar-refractivity contribution in [3.05, 3.63) is 157 Å². The molecule has 0 N–H and O–H groups in total. The molecule has 4 aromatic carbocycles. The van der Waals surface area contributed by atoms with Crippen LogP contribution in [0.1, 0.15) is 79.0 Å². The van der Waals surface area contributed by atoms with Crippen LogP contribution in [0.4, 0.5) is 0 Å². The summed E-state index contributed by atoms with van der Waals surface area (Å²) in [5.74, 6) is 2.51. The fourth-order valence-corrected chi connectivity index (χ4v) is 6.93. The molecule has 0 unspecified atom stereocenters. The molecule has 0 atom stereocenters. The second kappa shape index (κ2) is 14.6. The molecule has 4 aromatic heterocycles. The summed E-state index contributed by atoms with van der Waals surface area (Å²) >= 11 is 0. The monoisotopic (exact) mass is 916 g/mol. The van der Waals surface area contributed by atoms with Gasteiger partial charge in [0.1, 0.15) is 5.82 Å². The quantitative estimate of drug-likeness (QED) is 0.123. The van der Waals surface area contributed by atoms with Crippen molar-refractivity contribution in [1.82, 2.24) is 19.1 Å². The zero-order chi connectivity index (χ0) is 38.7. The van der Waals surface area contributed by atoms with Crippen molar-refractivity contribution < 1.29 is 30.4 Å². The van der Waals surface area contributed by atoms with Gasteiger partial charge >= 0.3 is 0 Å². The van der Waals surface area contributed by atoms with Gasteiger partial charge in [0.2, 0.25) is 0 Å². The molecule has 8 rings (SSSR count). The number of hydrogen-bond acceptors (Lipinski definition) is 3. The van der Waals surface area contributed by atoms with Gasteiger partial charge in [-0.25, -0.2) is 4.98 Å². The van der Waals surface area contributed by atoms with Crippen LogP contribution in [0.15, 0.2) is 122 Å². The van der Waals surface area contributed by atoms with Crippen molar-refractivity contribution in [2.45, 2.75) is 78.6 Å². The van der Waals surface area contributed by atoms with Crippen LogP contribution in [-0.4, -0.2) is 19.1 Å². The summed E-state index contributed by atoms with van der Waals surface area (Å²) in [5, 5.41) is 2.21. The van der Waals surface area contributed by atoms with Crippen LogP contribution in [0.5, 0.6) is 11.5 Å². The van der Waals surface area contributed by atoms with Gasteiger partial charge in [-0.1, -0.05) is 129 Å². The van der Waals surface area contributed by atoms with E-state index in [1.165, 1.54) is 16.7 Å². The first kappa shape index (κ1) is 38.9. The fraction of sp³-hybridized carbons (Fsp3) is 0.245. The molecule has 0 spiro atoms. The predicted molar refractivity (Wildman–Crippen MR) is 222 cm³/mol. The van der Waals surface area contributed by atoms with Crippen LogP contribution in [0, 0.1) is 18.5 Å². The second-order valence-corrected chi connectivity index (χ2v) is 17.4. The number of benzene rings is 4. The zero-order valence-corrected chi connectivity index (χ0v) is 35.8. The Kier molecular flexibility index (Phi) is 10.2. The summed E-state index contributed by atoms with van der Waals surface area (Å²) in [6.45, 7) is 20.2. The Morgan fingerprint density at radius 2 is 1.25 bits per heavy atom. The van der Waals surface area contributed by atoms with Crippen LogP contribution >= 0.6 is 0 Å². The molecule has 0 bridgehead atoms. The van der Waals surface area contributed by atoms with Gasteiger partial charge < -0.3 is 9.30 Å². The van der Waals surface area contributed by atoms with Gasteiger partial charge in [0.05, 0.1) is 17.2 Å². The molecule has 7 heteroatoms. The normalized spacial score (nSPS) is 12.2. The molecular formula is C49H47N5OPt-2. The van der Waals surface area contributed by atoms with E-state index in [1.54, 1.807) is 6.20 Å². The molecule has 4 heterocycles. The maximum Gasteiger partial charge on any atom is 0.269 e. The van der Waals surface area contributed by atoms with E-state index in [1.807, 2.05) is 29.0 Å². The standard InChI is InChI=1S/C49H47N5O.Pt/c1-47(2,3)34-21-23-51-46(28-34)54-42-18-14-13-17-40(42)41-20-19-38(29-43(41)54)55-39-22-24-50-45(30-39)52-31-44(33-15-11-10-12-16-33)53(32-52)37-26-35(48(4,5)6)25-36(27-37)49(7,8)9;/h10-28,31H,1-9H3;/q-2;. The first-order valence-corrected chi connectivity index (χ1v) is 18.9. The maximum atomic E-state index is 6.51. The second-order valence-electron chi connectivity index (χ2n) is 17.4. The number of pyridine rings is 2. The Balaban J connectivity index is 0.00000480. The number of imidazole rings is 1. The molecule has 286 valence electrons. The smallest absolute Gasteiger partial charge is 0.269 e. The van der Waals surface area contributed by atoms with Crippen molar-refractivity contribution in [2.75, 3.05) is 0 Å². The van der Waals surface area contributed by atoms with Crippen LogP contribution in [0.25, 0.3) is 50.4 Å². The summed E-state index contributed by atoms with van der Waals surface area (Å²) in [6.07, 6.45) is 9.31. The minimum Gasteiger partial charge on any atom is -0.522 e. The molecule has 0 fully saturated rings. The summed E-state index contributed by atoms with van der Waals surface area (Å²) in [6, 6.07) is 42.8. The Morgan fingerprint density at radius 3 is 1.95 bits per heavy atom. The third-order valence-corrected chi connectivity index (χ3v) is 10.2. The van der Waals surface area contributed by atoms with Crippen LogP contribution in [0.3, 0.4) is 0 Å². The van der Waals surface area contributed by atoms with E-state index in [0.717, 1.165) is 44.6 Å². The van der Waals surface area contributed by atoms with E-state index in [0.29, 0.717) is 17.3 Å². The van der Waals surface area contributed by atoms with E-state index in [4.69, 9.17) is 14.7 Å². The van der Waals surface area contributed by atoms with Gasteiger partial charge in [0, 0.05) is 44.7 Å². The van der Waals surface area contributed by atoms with Crippen LogP contribution in [-0.2, 0) is 37.3 Å². The molecule has 6 nitrogen and oxygen atoms in total. The predicted octanol–water partition coefficient (Wildman–Crippen LogP) is 11.4. The summed E-state index contributed by atoms with van der Waals surface area (Å²) in [7, 11) is 0. The average Bonchev–Trinajstić information content (AvgIpc) is 3.74. The topological polar surface area (TPSA) is 48.8 Å². The van der Waals surface area contributed by atoms with Gasteiger partial charge in [-0.2, -0.15) is 18.2 Å². The Bertz CT molecular complexity index is 2650. The van der Waals surface area contributed by atoms with Gasteiger partial charge in [-0.15, -0.1) is 17.5 Å².